The summed E-state index contributed by atoms with van der Waals surface area (Å²) in [6.07, 6.45) is 3.60. The number of hydrogen-bond donors (Lipinski definition) is 2. The third kappa shape index (κ3) is 3.74. The van der Waals surface area contributed by atoms with Crippen LogP contribution in [0.2, 0.25) is 0 Å². The molecule has 33 heavy (non-hydrogen) atoms. The molecule has 0 unspecified atom stereocenters. The molecule has 2 aliphatic rings. The van der Waals surface area contributed by atoms with Crippen molar-refractivity contribution < 1.29 is 9.59 Å². The first-order valence-electron chi connectivity index (χ1n) is 11.2. The van der Waals surface area contributed by atoms with Crippen molar-refractivity contribution in [3.05, 3.63) is 70.7 Å². The molecule has 2 aliphatic heterocycles. The van der Waals surface area contributed by atoms with Crippen LogP contribution in [0, 0.1) is 13.8 Å². The topological polar surface area (TPSA) is 81.3 Å². The number of benzene rings is 1. The zero-order chi connectivity index (χ0) is 23.1. The highest BCUT2D eigenvalue weighted by atomic mass is 16.2. The standard InChI is InChI=1S/C26H27N5O2/c1-16-22(28-17(2)23(16)26(33)31-13-11-30(3)12-14-31)15-19-24-18(20-8-4-5-10-27-20)7-6-9-21(24)29-25(19)32/h4-10,15,28H,11-14H2,1-3H3,(H,29,32). The van der Waals surface area contributed by atoms with Crippen molar-refractivity contribution in [2.24, 2.45) is 0 Å². The van der Waals surface area contributed by atoms with Gasteiger partial charge in [-0.05, 0) is 50.7 Å². The van der Waals surface area contributed by atoms with Gasteiger partial charge >= 0.3 is 0 Å². The van der Waals surface area contributed by atoms with Crippen LogP contribution in [0.4, 0.5) is 5.69 Å². The van der Waals surface area contributed by atoms with Gasteiger partial charge in [0.25, 0.3) is 11.8 Å². The van der Waals surface area contributed by atoms with E-state index in [4.69, 9.17) is 0 Å². The molecule has 168 valence electrons. The van der Waals surface area contributed by atoms with E-state index in [0.717, 1.165) is 65.6 Å². The Bertz CT molecular complexity index is 1270. The molecule has 2 N–H and O–H groups in total. The molecule has 0 atom stereocenters. The van der Waals surface area contributed by atoms with Gasteiger partial charge in [-0.15, -0.1) is 0 Å². The lowest BCUT2D eigenvalue weighted by molar-refractivity contribution is -0.110. The molecule has 0 spiro atoms. The Morgan fingerprint density at radius 3 is 2.58 bits per heavy atom. The molecule has 4 heterocycles. The summed E-state index contributed by atoms with van der Waals surface area (Å²) in [6, 6.07) is 11.5. The lowest BCUT2D eigenvalue weighted by atomic mass is 9.96. The molecule has 0 bridgehead atoms. The number of likely N-dealkylation sites (N-methyl/N-ethyl adjacent to an activating group) is 1. The molecule has 5 rings (SSSR count). The number of fused-ring (bicyclic) bond motifs is 1. The lowest BCUT2D eigenvalue weighted by Crippen LogP contribution is -2.47. The quantitative estimate of drug-likeness (QED) is 0.609. The number of nitrogens with one attached hydrogen (secondary N) is 2. The number of piperazine rings is 1. The number of pyridine rings is 1. The number of rotatable bonds is 3. The number of carbonyl (C=O) groups is 2. The first-order chi connectivity index (χ1) is 15.9. The number of H-pyrrole nitrogens is 1. The van der Waals surface area contributed by atoms with Crippen LogP contribution in [0.25, 0.3) is 22.9 Å². The van der Waals surface area contributed by atoms with Crippen molar-refractivity contribution >= 4 is 29.2 Å². The van der Waals surface area contributed by atoms with Gasteiger partial charge in [-0.25, -0.2) is 0 Å². The van der Waals surface area contributed by atoms with Gasteiger partial charge in [-0.3, -0.25) is 14.6 Å². The number of nitrogens with zero attached hydrogens (tertiary/aromatic N) is 3. The van der Waals surface area contributed by atoms with Crippen LogP contribution >= 0.6 is 0 Å². The molecule has 2 amide bonds. The van der Waals surface area contributed by atoms with Crippen LogP contribution in [-0.2, 0) is 4.79 Å². The third-order valence-corrected chi connectivity index (χ3v) is 6.54. The van der Waals surface area contributed by atoms with Crippen LogP contribution in [0.5, 0.6) is 0 Å². The number of hydrogen-bond acceptors (Lipinski definition) is 4. The molecule has 7 nitrogen and oxygen atoms in total. The van der Waals surface area contributed by atoms with E-state index >= 15 is 0 Å². The maximum atomic E-state index is 13.3. The Balaban J connectivity index is 1.55. The van der Waals surface area contributed by atoms with Gasteiger partial charge in [0, 0.05) is 60.6 Å². The number of anilines is 1. The summed E-state index contributed by atoms with van der Waals surface area (Å²) < 4.78 is 0. The zero-order valence-electron chi connectivity index (χ0n) is 19.1. The Hall–Kier alpha value is -3.71. The highest BCUT2D eigenvalue weighted by Gasteiger charge is 2.29. The minimum absolute atomic E-state index is 0.0458. The molecule has 0 aliphatic carbocycles. The highest BCUT2D eigenvalue weighted by Crippen LogP contribution is 2.40. The SMILES string of the molecule is Cc1[nH]c(C=C2C(=O)Nc3cccc(-c4ccccn4)c32)c(C)c1C(=O)N1CCN(C)CC1. The van der Waals surface area contributed by atoms with Crippen molar-refractivity contribution in [2.75, 3.05) is 38.5 Å². The molecule has 1 aromatic carbocycles. The first-order valence-corrected chi connectivity index (χ1v) is 11.2. The average Bonchev–Trinajstić information content (AvgIpc) is 3.29. The summed E-state index contributed by atoms with van der Waals surface area (Å²) in [7, 11) is 2.07. The second-order valence-electron chi connectivity index (χ2n) is 8.71. The summed E-state index contributed by atoms with van der Waals surface area (Å²) in [4.78, 5) is 38.2. The van der Waals surface area contributed by atoms with Gasteiger partial charge in [0.1, 0.15) is 0 Å². The smallest absolute Gasteiger partial charge is 0.256 e. The summed E-state index contributed by atoms with van der Waals surface area (Å²) >= 11 is 0. The molecule has 1 saturated heterocycles. The fourth-order valence-corrected chi connectivity index (χ4v) is 4.67. The van der Waals surface area contributed by atoms with E-state index in [-0.39, 0.29) is 11.8 Å². The largest absolute Gasteiger partial charge is 0.358 e. The molecule has 0 saturated carbocycles. The van der Waals surface area contributed by atoms with E-state index in [0.29, 0.717) is 11.1 Å². The molecular weight excluding hydrogens is 414 g/mol. The fraction of sp³-hybridized carbons (Fsp3) is 0.269. The number of carbonyl (C=O) groups excluding carboxylic acids is 2. The zero-order valence-corrected chi connectivity index (χ0v) is 19.1. The van der Waals surface area contributed by atoms with Gasteiger partial charge in [0.2, 0.25) is 0 Å². The minimum Gasteiger partial charge on any atom is -0.358 e. The number of aromatic nitrogens is 2. The first kappa shape index (κ1) is 21.2. The Morgan fingerprint density at radius 2 is 1.85 bits per heavy atom. The van der Waals surface area contributed by atoms with Gasteiger partial charge in [-0.2, -0.15) is 0 Å². The fourth-order valence-electron chi connectivity index (χ4n) is 4.67. The highest BCUT2D eigenvalue weighted by molar-refractivity contribution is 6.36. The number of aryl methyl sites for hydroxylation is 1. The molecule has 3 aromatic rings. The minimum atomic E-state index is -0.160. The van der Waals surface area contributed by atoms with Gasteiger partial charge in [-0.1, -0.05) is 18.2 Å². The summed E-state index contributed by atoms with van der Waals surface area (Å²) in [5, 5.41) is 2.97. The maximum absolute atomic E-state index is 13.3. The molecular formula is C26H27N5O2. The summed E-state index contributed by atoms with van der Waals surface area (Å²) in [5.41, 5.74) is 7.02. The van der Waals surface area contributed by atoms with Gasteiger partial charge < -0.3 is 20.1 Å². The summed E-state index contributed by atoms with van der Waals surface area (Å²) in [6.45, 7) is 7.05. The molecule has 1 fully saturated rings. The van der Waals surface area contributed by atoms with Crippen molar-refractivity contribution in [3.8, 4) is 11.3 Å². The molecule has 2 aromatic heterocycles. The van der Waals surface area contributed by atoms with Crippen molar-refractivity contribution in [1.82, 2.24) is 19.8 Å². The predicted octanol–water partition coefficient (Wildman–Crippen LogP) is 3.57. The van der Waals surface area contributed by atoms with E-state index in [1.165, 1.54) is 0 Å². The van der Waals surface area contributed by atoms with Gasteiger partial charge in [0.15, 0.2) is 0 Å². The molecule has 0 radical (unpaired) electrons. The second-order valence-corrected chi connectivity index (χ2v) is 8.71. The van der Waals surface area contributed by atoms with Crippen LogP contribution in [0.1, 0.15) is 32.9 Å². The van der Waals surface area contributed by atoms with Gasteiger partial charge in [0.05, 0.1) is 16.8 Å². The van der Waals surface area contributed by atoms with Crippen LogP contribution < -0.4 is 5.32 Å². The average molecular weight is 442 g/mol. The maximum Gasteiger partial charge on any atom is 0.256 e. The van der Waals surface area contributed by atoms with E-state index in [1.54, 1.807) is 6.20 Å². The van der Waals surface area contributed by atoms with Crippen molar-refractivity contribution in [2.45, 2.75) is 13.8 Å². The Morgan fingerprint density at radius 1 is 1.06 bits per heavy atom. The number of amides is 2. The van der Waals surface area contributed by atoms with Crippen LogP contribution in [-0.4, -0.2) is 64.8 Å². The second kappa shape index (κ2) is 8.33. The van der Waals surface area contributed by atoms with Crippen molar-refractivity contribution in [1.29, 1.82) is 0 Å². The van der Waals surface area contributed by atoms with E-state index in [9.17, 15) is 9.59 Å². The Kier molecular flexibility index (Phi) is 5.34. The summed E-state index contributed by atoms with van der Waals surface area (Å²) in [5.74, 6) is -0.114. The number of aromatic amines is 1. The van der Waals surface area contributed by atoms with E-state index in [1.807, 2.05) is 61.2 Å². The monoisotopic (exact) mass is 441 g/mol. The molecule has 7 heteroatoms. The van der Waals surface area contributed by atoms with E-state index < -0.39 is 0 Å². The van der Waals surface area contributed by atoms with Crippen LogP contribution in [0.15, 0.2) is 42.6 Å². The lowest BCUT2D eigenvalue weighted by Gasteiger charge is -2.32. The normalized spacial score (nSPS) is 17.4. The van der Waals surface area contributed by atoms with Crippen LogP contribution in [0.3, 0.4) is 0 Å². The predicted molar refractivity (Wildman–Crippen MR) is 130 cm³/mol. The van der Waals surface area contributed by atoms with E-state index in [2.05, 4.69) is 27.2 Å². The van der Waals surface area contributed by atoms with Crippen molar-refractivity contribution in [3.63, 3.8) is 0 Å². The third-order valence-electron chi connectivity index (χ3n) is 6.54. The Labute approximate surface area is 193 Å².